The molecule has 0 aromatic rings. The molecule has 1 spiro atoms. The van der Waals surface area contributed by atoms with Crippen LogP contribution in [0.15, 0.2) is 0 Å². The Bertz CT molecular complexity index is 352. The van der Waals surface area contributed by atoms with Crippen LogP contribution in [-0.4, -0.2) is 54.0 Å². The van der Waals surface area contributed by atoms with Gasteiger partial charge in [0.1, 0.15) is 24.9 Å². The highest BCUT2D eigenvalue weighted by Crippen LogP contribution is 2.45. The SMILES string of the molecule is CC1(C)OC[C@H]2OC3(COC(C)(C)O3)[C@H](O)[C@H]2O1. The van der Waals surface area contributed by atoms with Crippen molar-refractivity contribution in [2.75, 3.05) is 13.2 Å². The van der Waals surface area contributed by atoms with Gasteiger partial charge in [0, 0.05) is 0 Å². The molecule has 3 saturated heterocycles. The minimum absolute atomic E-state index is 0.192. The molecule has 3 rings (SSSR count). The molecule has 0 amide bonds. The van der Waals surface area contributed by atoms with E-state index in [2.05, 4.69) is 0 Å². The van der Waals surface area contributed by atoms with E-state index in [1.165, 1.54) is 0 Å². The number of hydrogen-bond acceptors (Lipinski definition) is 6. The van der Waals surface area contributed by atoms with Gasteiger partial charge in [0.05, 0.1) is 6.61 Å². The minimum Gasteiger partial charge on any atom is -0.385 e. The van der Waals surface area contributed by atoms with Crippen LogP contribution < -0.4 is 0 Å². The van der Waals surface area contributed by atoms with Crippen LogP contribution in [0.3, 0.4) is 0 Å². The summed E-state index contributed by atoms with van der Waals surface area (Å²) in [6, 6.07) is 0. The van der Waals surface area contributed by atoms with Crippen molar-refractivity contribution < 1.29 is 28.8 Å². The van der Waals surface area contributed by atoms with E-state index in [1.54, 1.807) is 13.8 Å². The van der Waals surface area contributed by atoms with Crippen molar-refractivity contribution >= 4 is 0 Å². The van der Waals surface area contributed by atoms with Crippen LogP contribution in [0, 0.1) is 0 Å². The smallest absolute Gasteiger partial charge is 0.224 e. The third-order valence-corrected chi connectivity index (χ3v) is 3.53. The first kappa shape index (κ1) is 12.8. The Hall–Kier alpha value is -0.240. The second-order valence-corrected chi connectivity index (χ2v) is 6.00. The molecule has 6 heteroatoms. The maximum absolute atomic E-state index is 10.4. The van der Waals surface area contributed by atoms with Gasteiger partial charge in [-0.3, -0.25) is 0 Å². The van der Waals surface area contributed by atoms with Gasteiger partial charge >= 0.3 is 0 Å². The van der Waals surface area contributed by atoms with Crippen molar-refractivity contribution in [2.45, 2.75) is 63.4 Å². The molecular weight excluding hydrogens is 240 g/mol. The Labute approximate surface area is 106 Å². The summed E-state index contributed by atoms with van der Waals surface area (Å²) in [7, 11) is 0. The molecule has 0 aliphatic carbocycles. The second-order valence-electron chi connectivity index (χ2n) is 6.00. The fourth-order valence-corrected chi connectivity index (χ4v) is 2.71. The van der Waals surface area contributed by atoms with Crippen molar-refractivity contribution in [3.05, 3.63) is 0 Å². The maximum atomic E-state index is 10.4. The highest BCUT2D eigenvalue weighted by molar-refractivity contribution is 5.02. The van der Waals surface area contributed by atoms with Crippen LogP contribution in [0.2, 0.25) is 0 Å². The average molecular weight is 260 g/mol. The molecule has 1 N–H and O–H groups in total. The van der Waals surface area contributed by atoms with Crippen molar-refractivity contribution in [1.29, 1.82) is 0 Å². The van der Waals surface area contributed by atoms with E-state index in [-0.39, 0.29) is 12.7 Å². The largest absolute Gasteiger partial charge is 0.385 e. The Morgan fingerprint density at radius 1 is 1.00 bits per heavy atom. The van der Waals surface area contributed by atoms with Crippen LogP contribution in [0.25, 0.3) is 0 Å². The van der Waals surface area contributed by atoms with Crippen molar-refractivity contribution in [3.8, 4) is 0 Å². The van der Waals surface area contributed by atoms with E-state index in [9.17, 15) is 5.11 Å². The summed E-state index contributed by atoms with van der Waals surface area (Å²) < 4.78 is 28.3. The van der Waals surface area contributed by atoms with Crippen LogP contribution in [0.1, 0.15) is 27.7 Å². The number of fused-ring (bicyclic) bond motifs is 1. The van der Waals surface area contributed by atoms with Gasteiger partial charge in [-0.2, -0.15) is 0 Å². The molecule has 6 nitrogen and oxygen atoms in total. The number of hydrogen-bond donors (Lipinski definition) is 1. The maximum Gasteiger partial charge on any atom is 0.224 e. The number of aliphatic hydroxyl groups excluding tert-OH is 1. The lowest BCUT2D eigenvalue weighted by Crippen LogP contribution is -2.52. The lowest BCUT2D eigenvalue weighted by molar-refractivity contribution is -0.303. The number of ether oxygens (including phenoxy) is 5. The van der Waals surface area contributed by atoms with Crippen molar-refractivity contribution in [3.63, 3.8) is 0 Å². The lowest BCUT2D eigenvalue weighted by atomic mass is 10.0. The molecule has 0 radical (unpaired) electrons. The Balaban J connectivity index is 1.82. The fourth-order valence-electron chi connectivity index (χ4n) is 2.71. The van der Waals surface area contributed by atoms with Gasteiger partial charge in [-0.05, 0) is 27.7 Å². The fraction of sp³-hybridized carbons (Fsp3) is 1.00. The zero-order chi connectivity index (χ0) is 13.2. The molecule has 3 aliphatic rings. The summed E-state index contributed by atoms with van der Waals surface area (Å²) in [4.78, 5) is 0. The number of rotatable bonds is 0. The first-order valence-corrected chi connectivity index (χ1v) is 6.25. The summed E-state index contributed by atoms with van der Waals surface area (Å²) in [5.74, 6) is -2.61. The predicted molar refractivity (Wildman–Crippen MR) is 59.6 cm³/mol. The molecule has 0 aromatic heterocycles. The van der Waals surface area contributed by atoms with E-state index < -0.39 is 29.6 Å². The monoisotopic (exact) mass is 260 g/mol. The highest BCUT2D eigenvalue weighted by atomic mass is 16.9. The first-order valence-electron chi connectivity index (χ1n) is 6.25. The van der Waals surface area contributed by atoms with Gasteiger partial charge in [-0.15, -0.1) is 0 Å². The molecular formula is C12H20O6. The van der Waals surface area contributed by atoms with Gasteiger partial charge < -0.3 is 28.8 Å². The molecule has 0 bridgehead atoms. The molecule has 1 unspecified atom stereocenters. The number of aliphatic hydroxyl groups is 1. The zero-order valence-electron chi connectivity index (χ0n) is 11.1. The standard InChI is InChI=1S/C12H20O6/c1-10(2)14-5-7-8(17-10)9(13)12(16-7)6-15-11(3,4)18-12/h7-9,13H,5-6H2,1-4H3/t7-,8+,9-,12?/m1/s1. The van der Waals surface area contributed by atoms with Crippen LogP contribution >= 0.6 is 0 Å². The normalized spacial score (nSPS) is 49.5. The lowest BCUT2D eigenvalue weighted by Gasteiger charge is -2.37. The second kappa shape index (κ2) is 3.65. The Morgan fingerprint density at radius 3 is 2.33 bits per heavy atom. The van der Waals surface area contributed by atoms with Crippen LogP contribution in [0.5, 0.6) is 0 Å². The third-order valence-electron chi connectivity index (χ3n) is 3.53. The van der Waals surface area contributed by atoms with E-state index >= 15 is 0 Å². The Kier molecular flexibility index (Phi) is 2.59. The summed E-state index contributed by atoms with van der Waals surface area (Å²) in [6.07, 6.45) is -1.66. The minimum atomic E-state index is -1.14. The zero-order valence-corrected chi connectivity index (χ0v) is 11.1. The van der Waals surface area contributed by atoms with Crippen LogP contribution in [-0.2, 0) is 23.7 Å². The topological polar surface area (TPSA) is 66.4 Å². The molecule has 3 heterocycles. The van der Waals surface area contributed by atoms with Gasteiger partial charge in [0.15, 0.2) is 11.6 Å². The Morgan fingerprint density at radius 2 is 1.72 bits per heavy atom. The molecule has 104 valence electrons. The van der Waals surface area contributed by atoms with Gasteiger partial charge in [-0.1, -0.05) is 0 Å². The predicted octanol–water partition coefficient (Wildman–Crippen LogP) is 0.377. The van der Waals surface area contributed by atoms with Gasteiger partial charge in [0.25, 0.3) is 0 Å². The van der Waals surface area contributed by atoms with Crippen molar-refractivity contribution in [2.24, 2.45) is 0 Å². The average Bonchev–Trinajstić information content (AvgIpc) is 2.68. The summed E-state index contributed by atoms with van der Waals surface area (Å²) in [5.41, 5.74) is 0. The third kappa shape index (κ3) is 1.88. The molecule has 3 fully saturated rings. The first-order chi connectivity index (χ1) is 8.23. The van der Waals surface area contributed by atoms with Crippen LogP contribution in [0.4, 0.5) is 0 Å². The molecule has 18 heavy (non-hydrogen) atoms. The van der Waals surface area contributed by atoms with E-state index in [0.29, 0.717) is 6.61 Å². The summed E-state index contributed by atoms with van der Waals surface area (Å²) in [6.45, 7) is 7.79. The molecule has 0 aromatic carbocycles. The molecule has 4 atom stereocenters. The quantitative estimate of drug-likeness (QED) is 0.679. The van der Waals surface area contributed by atoms with E-state index in [0.717, 1.165) is 0 Å². The molecule has 3 aliphatic heterocycles. The van der Waals surface area contributed by atoms with Gasteiger partial charge in [0.2, 0.25) is 5.79 Å². The van der Waals surface area contributed by atoms with E-state index in [4.69, 9.17) is 23.7 Å². The highest BCUT2D eigenvalue weighted by Gasteiger charge is 2.64. The van der Waals surface area contributed by atoms with Crippen molar-refractivity contribution in [1.82, 2.24) is 0 Å². The summed E-state index contributed by atoms with van der Waals surface area (Å²) in [5, 5.41) is 10.4. The van der Waals surface area contributed by atoms with Gasteiger partial charge in [-0.25, -0.2) is 0 Å². The van der Waals surface area contributed by atoms with E-state index in [1.807, 2.05) is 13.8 Å². The summed E-state index contributed by atoms with van der Waals surface area (Å²) >= 11 is 0. The molecule has 0 saturated carbocycles.